The summed E-state index contributed by atoms with van der Waals surface area (Å²) >= 11 is 0. The zero-order chi connectivity index (χ0) is 22.3. The van der Waals surface area contributed by atoms with E-state index in [-0.39, 0.29) is 24.3 Å². The van der Waals surface area contributed by atoms with Crippen molar-refractivity contribution >= 4 is 11.8 Å². The zero-order valence-corrected chi connectivity index (χ0v) is 19.0. The van der Waals surface area contributed by atoms with Gasteiger partial charge in [-0.15, -0.1) is 0 Å². The molecule has 2 rings (SSSR count). The van der Waals surface area contributed by atoms with Crippen LogP contribution < -0.4 is 10.1 Å². The summed E-state index contributed by atoms with van der Waals surface area (Å²) in [5, 5.41) is 3.00. The molecule has 0 aliphatic heterocycles. The van der Waals surface area contributed by atoms with Gasteiger partial charge in [0.25, 0.3) is 0 Å². The average molecular weight is 411 g/mol. The van der Waals surface area contributed by atoms with Crippen LogP contribution in [0.1, 0.15) is 49.4 Å². The second-order valence-electron chi connectivity index (χ2n) is 7.97. The molecule has 0 aliphatic rings. The highest BCUT2D eigenvalue weighted by Crippen LogP contribution is 2.18. The minimum Gasteiger partial charge on any atom is -0.497 e. The van der Waals surface area contributed by atoms with Gasteiger partial charge in [0.15, 0.2) is 0 Å². The quantitative estimate of drug-likeness (QED) is 0.674. The number of rotatable bonds is 9. The molecule has 2 aromatic carbocycles. The number of amides is 2. The van der Waals surface area contributed by atoms with Crippen molar-refractivity contribution in [3.05, 3.63) is 64.7 Å². The summed E-state index contributed by atoms with van der Waals surface area (Å²) in [6.45, 7) is 10.1. The van der Waals surface area contributed by atoms with Crippen LogP contribution in [0.2, 0.25) is 0 Å². The number of ether oxygens (including phenoxy) is 1. The summed E-state index contributed by atoms with van der Waals surface area (Å²) in [6.07, 6.45) is 1.10. The third kappa shape index (κ3) is 6.34. The molecule has 0 unspecified atom stereocenters. The Balaban J connectivity index is 2.29. The van der Waals surface area contributed by atoms with E-state index in [1.54, 1.807) is 18.9 Å². The first-order chi connectivity index (χ1) is 14.2. The van der Waals surface area contributed by atoms with Gasteiger partial charge in [0.1, 0.15) is 11.8 Å². The maximum absolute atomic E-state index is 13.4. The molecule has 0 aromatic heterocycles. The van der Waals surface area contributed by atoms with Gasteiger partial charge in [0.05, 0.1) is 13.5 Å². The highest BCUT2D eigenvalue weighted by atomic mass is 16.5. The highest BCUT2D eigenvalue weighted by Gasteiger charge is 2.27. The lowest BCUT2D eigenvalue weighted by molar-refractivity contribution is -0.140. The predicted molar refractivity (Wildman–Crippen MR) is 121 cm³/mol. The Hall–Kier alpha value is -2.82. The van der Waals surface area contributed by atoms with Gasteiger partial charge in [0.2, 0.25) is 11.8 Å². The van der Waals surface area contributed by atoms with Crippen molar-refractivity contribution in [3.63, 3.8) is 0 Å². The summed E-state index contributed by atoms with van der Waals surface area (Å²) in [4.78, 5) is 27.8. The summed E-state index contributed by atoms with van der Waals surface area (Å²) in [7, 11) is 1.62. The molecule has 162 valence electrons. The van der Waals surface area contributed by atoms with E-state index in [2.05, 4.69) is 5.32 Å². The molecule has 0 spiro atoms. The van der Waals surface area contributed by atoms with Crippen LogP contribution in [0.15, 0.2) is 42.5 Å². The van der Waals surface area contributed by atoms with Crippen molar-refractivity contribution in [1.82, 2.24) is 10.2 Å². The van der Waals surface area contributed by atoms with E-state index in [1.165, 1.54) is 0 Å². The molecule has 30 heavy (non-hydrogen) atoms. The molecular formula is C25H34N2O3. The lowest BCUT2D eigenvalue weighted by Gasteiger charge is -2.30. The molecule has 0 heterocycles. The van der Waals surface area contributed by atoms with Gasteiger partial charge in [-0.25, -0.2) is 0 Å². The van der Waals surface area contributed by atoms with Gasteiger partial charge in [-0.3, -0.25) is 9.59 Å². The van der Waals surface area contributed by atoms with E-state index in [0.717, 1.165) is 34.4 Å². The van der Waals surface area contributed by atoms with E-state index < -0.39 is 6.04 Å². The first kappa shape index (κ1) is 23.5. The van der Waals surface area contributed by atoms with Crippen LogP contribution >= 0.6 is 0 Å². The van der Waals surface area contributed by atoms with Gasteiger partial charge in [-0.1, -0.05) is 42.8 Å². The van der Waals surface area contributed by atoms with Gasteiger partial charge in [-0.05, 0) is 62.9 Å². The van der Waals surface area contributed by atoms with Crippen molar-refractivity contribution in [1.29, 1.82) is 0 Å². The first-order valence-electron chi connectivity index (χ1n) is 10.5. The third-order valence-electron chi connectivity index (χ3n) is 5.50. The molecule has 1 N–H and O–H groups in total. The third-order valence-corrected chi connectivity index (χ3v) is 5.50. The van der Waals surface area contributed by atoms with E-state index >= 15 is 0 Å². The van der Waals surface area contributed by atoms with E-state index in [0.29, 0.717) is 6.54 Å². The lowest BCUT2D eigenvalue weighted by Crippen LogP contribution is -2.49. The van der Waals surface area contributed by atoms with Crippen molar-refractivity contribution < 1.29 is 14.3 Å². The number of hydrogen-bond acceptors (Lipinski definition) is 3. The zero-order valence-electron chi connectivity index (χ0n) is 19.0. The van der Waals surface area contributed by atoms with Crippen LogP contribution in [0, 0.1) is 13.8 Å². The largest absolute Gasteiger partial charge is 0.497 e. The molecule has 2 amide bonds. The molecule has 0 saturated carbocycles. The minimum atomic E-state index is -0.581. The summed E-state index contributed by atoms with van der Waals surface area (Å²) in [6, 6.07) is 13.2. The standard InChI is InChI=1S/C25H34N2O3/c1-7-19(4)26-25(29)20(5)27(16-21-9-8-10-23(14-21)30-6)24(28)15-22-13-17(2)11-12-18(22)3/h8-14,19-20H,7,15-16H2,1-6H3,(H,26,29)/t19-,20+/m1/s1. The fourth-order valence-corrected chi connectivity index (χ4v) is 3.27. The van der Waals surface area contributed by atoms with Crippen molar-refractivity contribution in [2.75, 3.05) is 7.11 Å². The van der Waals surface area contributed by atoms with Crippen LogP contribution in [-0.2, 0) is 22.6 Å². The Labute approximate surface area is 180 Å². The monoisotopic (exact) mass is 410 g/mol. The van der Waals surface area contributed by atoms with Crippen molar-refractivity contribution in [2.24, 2.45) is 0 Å². The van der Waals surface area contributed by atoms with Crippen LogP contribution in [0.25, 0.3) is 0 Å². The maximum Gasteiger partial charge on any atom is 0.242 e. The number of nitrogens with zero attached hydrogens (tertiary/aromatic N) is 1. The number of hydrogen-bond donors (Lipinski definition) is 1. The Kier molecular flexibility index (Phi) is 8.46. The van der Waals surface area contributed by atoms with E-state index in [9.17, 15) is 9.59 Å². The van der Waals surface area contributed by atoms with Gasteiger partial charge in [0, 0.05) is 12.6 Å². The van der Waals surface area contributed by atoms with Crippen molar-refractivity contribution in [3.8, 4) is 5.75 Å². The lowest BCUT2D eigenvalue weighted by atomic mass is 10.0. The number of carbonyl (C=O) groups excluding carboxylic acids is 2. The summed E-state index contributed by atoms with van der Waals surface area (Å²) < 4.78 is 5.31. The molecule has 0 saturated heterocycles. The van der Waals surface area contributed by atoms with Gasteiger partial charge in [-0.2, -0.15) is 0 Å². The minimum absolute atomic E-state index is 0.0627. The van der Waals surface area contributed by atoms with Crippen LogP contribution in [0.4, 0.5) is 0 Å². The topological polar surface area (TPSA) is 58.6 Å². The molecule has 5 heteroatoms. The van der Waals surface area contributed by atoms with Crippen molar-refractivity contribution in [2.45, 2.75) is 66.1 Å². The first-order valence-corrected chi connectivity index (χ1v) is 10.5. The van der Waals surface area contributed by atoms with Crippen LogP contribution in [-0.4, -0.2) is 35.9 Å². The maximum atomic E-state index is 13.4. The molecule has 2 atom stereocenters. The molecule has 2 aromatic rings. The number of aryl methyl sites for hydroxylation is 2. The van der Waals surface area contributed by atoms with Gasteiger partial charge >= 0.3 is 0 Å². The Morgan fingerprint density at radius 2 is 1.83 bits per heavy atom. The normalized spacial score (nSPS) is 12.7. The molecule has 0 radical (unpaired) electrons. The number of nitrogens with one attached hydrogen (secondary N) is 1. The number of benzene rings is 2. The molecule has 0 aliphatic carbocycles. The summed E-state index contributed by atoms with van der Waals surface area (Å²) in [5.74, 6) is 0.519. The Morgan fingerprint density at radius 3 is 2.50 bits per heavy atom. The Bertz CT molecular complexity index is 878. The van der Waals surface area contributed by atoms with E-state index in [1.807, 2.05) is 70.2 Å². The Morgan fingerprint density at radius 1 is 1.10 bits per heavy atom. The van der Waals surface area contributed by atoms with Crippen LogP contribution in [0.5, 0.6) is 5.75 Å². The highest BCUT2D eigenvalue weighted by molar-refractivity contribution is 5.88. The fraction of sp³-hybridized carbons (Fsp3) is 0.440. The predicted octanol–water partition coefficient (Wildman–Crippen LogP) is 4.19. The second-order valence-corrected chi connectivity index (χ2v) is 7.97. The molecule has 0 fully saturated rings. The average Bonchev–Trinajstić information content (AvgIpc) is 2.73. The summed E-state index contributed by atoms with van der Waals surface area (Å²) in [5.41, 5.74) is 4.11. The SMILES string of the molecule is CC[C@@H](C)NC(=O)[C@H](C)N(Cc1cccc(OC)c1)C(=O)Cc1cc(C)ccc1C. The van der Waals surface area contributed by atoms with Gasteiger partial charge < -0.3 is 15.0 Å². The number of carbonyl (C=O) groups is 2. The fourth-order valence-electron chi connectivity index (χ4n) is 3.27. The molecular weight excluding hydrogens is 376 g/mol. The molecule has 5 nitrogen and oxygen atoms in total. The van der Waals surface area contributed by atoms with E-state index in [4.69, 9.17) is 4.74 Å². The number of methoxy groups -OCH3 is 1. The second kappa shape index (κ2) is 10.8. The smallest absolute Gasteiger partial charge is 0.242 e. The van der Waals surface area contributed by atoms with Crippen LogP contribution in [0.3, 0.4) is 0 Å². The molecule has 0 bridgehead atoms.